The maximum Gasteiger partial charge on any atom is 0.142 e. The van der Waals surface area contributed by atoms with Crippen LogP contribution in [0.2, 0.25) is 0 Å². The third kappa shape index (κ3) is 1.86. The van der Waals surface area contributed by atoms with Gasteiger partial charge in [-0.25, -0.2) is 0 Å². The van der Waals surface area contributed by atoms with Crippen LogP contribution in [0.1, 0.15) is 38.5 Å². The largest absolute Gasteiger partial charge is 0.142 e. The first-order valence-corrected chi connectivity index (χ1v) is 6.13. The van der Waals surface area contributed by atoms with E-state index < -0.39 is 11.2 Å². The molecular formula is C10H13N9. The molecule has 0 N–H and O–H groups in total. The summed E-state index contributed by atoms with van der Waals surface area (Å²) in [6, 6.07) is 0. The fraction of sp³-hybridized carbons (Fsp3) is 0.800. The first-order chi connectivity index (χ1) is 9.24. The van der Waals surface area contributed by atoms with Crippen LogP contribution in [0.15, 0.2) is 27.0 Å². The number of rotatable bonds is 3. The van der Waals surface area contributed by atoms with E-state index in [9.17, 15) is 0 Å². The first kappa shape index (κ1) is 13.1. The maximum atomic E-state index is 8.88. The molecule has 0 aromatic heterocycles. The van der Waals surface area contributed by atoms with Gasteiger partial charge in [-0.3, -0.25) is 0 Å². The van der Waals surface area contributed by atoms with E-state index in [2.05, 4.69) is 30.1 Å². The summed E-state index contributed by atoms with van der Waals surface area (Å²) in [7, 11) is 0. The van der Waals surface area contributed by atoms with Gasteiger partial charge in [0, 0.05) is 14.7 Å². The summed E-state index contributed by atoms with van der Waals surface area (Å²) in [5.41, 5.74) is 25.0. The monoisotopic (exact) mass is 259 g/mol. The van der Waals surface area contributed by atoms with E-state index in [1.807, 2.05) is 6.08 Å². The van der Waals surface area contributed by atoms with Crippen LogP contribution in [0.3, 0.4) is 0 Å². The molecule has 2 rings (SSSR count). The van der Waals surface area contributed by atoms with Gasteiger partial charge in [0.25, 0.3) is 0 Å². The second kappa shape index (κ2) is 5.12. The SMILES string of the molecule is [N-]=[N+]=NC1(N=[N+]=[N-])CCC=C2CCCCC21N=[N+]=[N-]. The van der Waals surface area contributed by atoms with Gasteiger partial charge in [0.15, 0.2) is 0 Å². The Morgan fingerprint density at radius 2 is 1.63 bits per heavy atom. The van der Waals surface area contributed by atoms with Crippen molar-refractivity contribution in [1.82, 2.24) is 0 Å². The molecule has 0 radical (unpaired) electrons. The smallest absolute Gasteiger partial charge is 0.0846 e. The Labute approximate surface area is 109 Å². The minimum Gasteiger partial charge on any atom is -0.0846 e. The highest BCUT2D eigenvalue weighted by molar-refractivity contribution is 5.34. The van der Waals surface area contributed by atoms with Gasteiger partial charge in [-0.1, -0.05) is 33.4 Å². The van der Waals surface area contributed by atoms with E-state index in [0.717, 1.165) is 24.8 Å². The zero-order valence-corrected chi connectivity index (χ0v) is 10.3. The van der Waals surface area contributed by atoms with Crippen molar-refractivity contribution < 1.29 is 0 Å². The van der Waals surface area contributed by atoms with Gasteiger partial charge in [0.05, 0.1) is 5.54 Å². The van der Waals surface area contributed by atoms with E-state index in [-0.39, 0.29) is 0 Å². The molecule has 0 amide bonds. The summed E-state index contributed by atoms with van der Waals surface area (Å²) in [5.74, 6) is 0. The van der Waals surface area contributed by atoms with Crippen molar-refractivity contribution in [3.05, 3.63) is 43.0 Å². The molecule has 0 heterocycles. The predicted octanol–water partition coefficient (Wildman–Crippen LogP) is 4.65. The molecule has 0 aromatic rings. The molecule has 9 nitrogen and oxygen atoms in total. The third-order valence-corrected chi connectivity index (χ3v) is 3.95. The molecule has 1 unspecified atom stereocenters. The Balaban J connectivity index is 2.70. The fourth-order valence-corrected chi connectivity index (χ4v) is 3.15. The second-order valence-electron chi connectivity index (χ2n) is 4.72. The van der Waals surface area contributed by atoms with Gasteiger partial charge in [-0.2, -0.15) is 0 Å². The number of allylic oxidation sites excluding steroid dienone is 1. The molecule has 0 spiro atoms. The van der Waals surface area contributed by atoms with Gasteiger partial charge < -0.3 is 0 Å². The Morgan fingerprint density at radius 1 is 0.947 bits per heavy atom. The molecule has 2 aliphatic carbocycles. The second-order valence-corrected chi connectivity index (χ2v) is 4.72. The van der Waals surface area contributed by atoms with Crippen molar-refractivity contribution in [2.75, 3.05) is 0 Å². The van der Waals surface area contributed by atoms with E-state index in [1.54, 1.807) is 0 Å². The fourth-order valence-electron chi connectivity index (χ4n) is 3.15. The van der Waals surface area contributed by atoms with Crippen LogP contribution in [0.25, 0.3) is 31.3 Å². The maximum absolute atomic E-state index is 8.88. The lowest BCUT2D eigenvalue weighted by Gasteiger charge is -2.48. The Morgan fingerprint density at radius 3 is 2.26 bits per heavy atom. The molecule has 1 atom stereocenters. The number of nitrogens with zero attached hydrogens (tertiary/aromatic N) is 9. The van der Waals surface area contributed by atoms with Crippen LogP contribution in [0.5, 0.6) is 0 Å². The summed E-state index contributed by atoms with van der Waals surface area (Å²) in [6.45, 7) is 0. The van der Waals surface area contributed by atoms with Crippen LogP contribution in [0, 0.1) is 0 Å². The number of hydrogen-bond acceptors (Lipinski definition) is 3. The Hall–Kier alpha value is -2.33. The van der Waals surface area contributed by atoms with E-state index in [0.29, 0.717) is 19.3 Å². The zero-order valence-electron chi connectivity index (χ0n) is 10.3. The van der Waals surface area contributed by atoms with E-state index in [1.165, 1.54) is 0 Å². The van der Waals surface area contributed by atoms with Crippen LogP contribution in [-0.2, 0) is 0 Å². The van der Waals surface area contributed by atoms with Gasteiger partial charge in [0.2, 0.25) is 0 Å². The molecule has 9 heteroatoms. The topological polar surface area (TPSA) is 146 Å². The molecule has 19 heavy (non-hydrogen) atoms. The van der Waals surface area contributed by atoms with E-state index in [4.69, 9.17) is 16.6 Å². The quantitative estimate of drug-likeness (QED) is 0.300. The summed E-state index contributed by atoms with van der Waals surface area (Å²) >= 11 is 0. The molecular weight excluding hydrogens is 246 g/mol. The molecule has 0 aliphatic heterocycles. The van der Waals surface area contributed by atoms with Gasteiger partial charge >= 0.3 is 0 Å². The van der Waals surface area contributed by atoms with Crippen LogP contribution in [-0.4, -0.2) is 11.2 Å². The Bertz CT molecular complexity index is 527. The molecule has 0 bridgehead atoms. The van der Waals surface area contributed by atoms with Gasteiger partial charge in [-0.15, -0.1) is 0 Å². The van der Waals surface area contributed by atoms with Crippen molar-refractivity contribution in [1.29, 1.82) is 0 Å². The van der Waals surface area contributed by atoms with Crippen molar-refractivity contribution in [2.24, 2.45) is 15.3 Å². The molecule has 1 fully saturated rings. The molecule has 2 aliphatic rings. The van der Waals surface area contributed by atoms with Gasteiger partial charge in [-0.05, 0) is 48.7 Å². The normalized spacial score (nSPS) is 32.7. The predicted molar refractivity (Wildman–Crippen MR) is 68.7 cm³/mol. The molecule has 1 saturated carbocycles. The van der Waals surface area contributed by atoms with E-state index >= 15 is 0 Å². The average molecular weight is 259 g/mol. The molecule has 0 aromatic carbocycles. The third-order valence-electron chi connectivity index (χ3n) is 3.95. The van der Waals surface area contributed by atoms with Crippen LogP contribution >= 0.6 is 0 Å². The summed E-state index contributed by atoms with van der Waals surface area (Å²) < 4.78 is 0. The number of hydrogen-bond donors (Lipinski definition) is 0. The lowest BCUT2D eigenvalue weighted by molar-refractivity contribution is 0.195. The highest BCUT2D eigenvalue weighted by atomic mass is 15.4. The highest BCUT2D eigenvalue weighted by Crippen LogP contribution is 2.52. The lowest BCUT2D eigenvalue weighted by atomic mass is 9.65. The number of fused-ring (bicyclic) bond motifs is 1. The molecule has 0 saturated heterocycles. The summed E-state index contributed by atoms with van der Waals surface area (Å²) in [6.07, 6.45) is 6.20. The van der Waals surface area contributed by atoms with Crippen LogP contribution in [0.4, 0.5) is 0 Å². The summed E-state index contributed by atoms with van der Waals surface area (Å²) in [5, 5.41) is 11.4. The van der Waals surface area contributed by atoms with Crippen molar-refractivity contribution >= 4 is 0 Å². The molecule has 98 valence electrons. The Kier molecular flexibility index (Phi) is 3.53. The summed E-state index contributed by atoms with van der Waals surface area (Å²) in [4.78, 5) is 8.55. The van der Waals surface area contributed by atoms with Crippen molar-refractivity contribution in [3.8, 4) is 0 Å². The van der Waals surface area contributed by atoms with Crippen molar-refractivity contribution in [2.45, 2.75) is 49.7 Å². The zero-order chi connectivity index (χ0) is 13.8. The number of azide groups is 2. The first-order valence-electron chi connectivity index (χ1n) is 6.13. The lowest BCUT2D eigenvalue weighted by Crippen LogP contribution is -2.53. The van der Waals surface area contributed by atoms with Crippen molar-refractivity contribution in [3.63, 3.8) is 0 Å². The average Bonchev–Trinajstić information content (AvgIpc) is 2.41. The van der Waals surface area contributed by atoms with Crippen LogP contribution < -0.4 is 0 Å². The van der Waals surface area contributed by atoms with Gasteiger partial charge in [0.1, 0.15) is 5.66 Å². The standard InChI is InChI=1S/C10H13N9/c11-17-14-9-6-2-1-4-8(9)5-3-7-10(9,15-18-12)16-19-13/h5H,1-4,6-7H2. The minimum absolute atomic E-state index is 0.365. The highest BCUT2D eigenvalue weighted by Gasteiger charge is 2.54. The minimum atomic E-state index is -1.35.